The number of anilines is 2. The van der Waals surface area contributed by atoms with Crippen molar-refractivity contribution in [3.05, 3.63) is 108 Å². The van der Waals surface area contributed by atoms with E-state index in [0.717, 1.165) is 45.1 Å². The molecule has 1 heterocycles. The number of benzene rings is 4. The number of carbonyl (C=O) groups is 1. The number of rotatable bonds is 6. The van der Waals surface area contributed by atoms with Crippen LogP contribution in [-0.2, 0) is 10.0 Å². The fourth-order valence-electron chi connectivity index (χ4n) is 3.54. The molecule has 0 unspecified atom stereocenters. The first-order chi connectivity index (χ1) is 16.9. The van der Waals surface area contributed by atoms with E-state index in [1.54, 1.807) is 24.3 Å². The maximum atomic E-state index is 13.2. The lowest BCUT2D eigenvalue weighted by molar-refractivity contribution is 0.102. The SMILES string of the molecule is O=C(Nc1ccccc1-c1nc2ccccc2s1)c1ccccc1NS(=O)(=O)c1ccc(F)cc1. The summed E-state index contributed by atoms with van der Waals surface area (Å²) >= 11 is 1.52. The first kappa shape index (κ1) is 22.7. The molecule has 2 N–H and O–H groups in total. The summed E-state index contributed by atoms with van der Waals surface area (Å²) in [5, 5.41) is 3.64. The molecular weight excluding hydrogens is 485 g/mol. The summed E-state index contributed by atoms with van der Waals surface area (Å²) in [5.74, 6) is -1.04. The number of carbonyl (C=O) groups excluding carboxylic acids is 1. The second kappa shape index (κ2) is 9.28. The van der Waals surface area contributed by atoms with Crippen LogP contribution in [0.25, 0.3) is 20.8 Å². The zero-order valence-corrected chi connectivity index (χ0v) is 19.7. The normalized spacial score (nSPS) is 11.3. The number of hydrogen-bond donors (Lipinski definition) is 2. The van der Waals surface area contributed by atoms with Crippen molar-refractivity contribution in [2.24, 2.45) is 0 Å². The second-order valence-corrected chi connectivity index (χ2v) is 10.3. The number of halogens is 1. The fourth-order valence-corrected chi connectivity index (χ4v) is 5.63. The minimum Gasteiger partial charge on any atom is -0.321 e. The van der Waals surface area contributed by atoms with E-state index in [9.17, 15) is 17.6 Å². The summed E-state index contributed by atoms with van der Waals surface area (Å²) in [4.78, 5) is 17.8. The van der Waals surface area contributed by atoms with Crippen LogP contribution < -0.4 is 10.0 Å². The van der Waals surface area contributed by atoms with Gasteiger partial charge >= 0.3 is 0 Å². The van der Waals surface area contributed by atoms with Gasteiger partial charge in [0.15, 0.2) is 0 Å². The summed E-state index contributed by atoms with van der Waals surface area (Å²) in [5.41, 5.74) is 2.41. The van der Waals surface area contributed by atoms with Crippen molar-refractivity contribution in [3.63, 3.8) is 0 Å². The number of aromatic nitrogens is 1. The van der Waals surface area contributed by atoms with Crippen LogP contribution in [0, 0.1) is 5.82 Å². The Morgan fingerprint density at radius 2 is 1.46 bits per heavy atom. The maximum Gasteiger partial charge on any atom is 0.261 e. The number of sulfonamides is 1. The lowest BCUT2D eigenvalue weighted by Gasteiger charge is -2.14. The largest absolute Gasteiger partial charge is 0.321 e. The Kier molecular flexibility index (Phi) is 6.02. The minimum absolute atomic E-state index is 0.104. The number of nitrogens with one attached hydrogen (secondary N) is 2. The second-order valence-electron chi connectivity index (χ2n) is 7.59. The van der Waals surface area contributed by atoms with E-state index >= 15 is 0 Å². The molecule has 0 saturated carbocycles. The Morgan fingerprint density at radius 3 is 2.23 bits per heavy atom. The van der Waals surface area contributed by atoms with Gasteiger partial charge in [-0.25, -0.2) is 17.8 Å². The van der Waals surface area contributed by atoms with Gasteiger partial charge in [-0.1, -0.05) is 36.4 Å². The van der Waals surface area contributed by atoms with E-state index < -0.39 is 21.7 Å². The Hall–Kier alpha value is -4.08. The van der Waals surface area contributed by atoms with Gasteiger partial charge in [-0.15, -0.1) is 11.3 Å². The van der Waals surface area contributed by atoms with E-state index in [2.05, 4.69) is 15.0 Å². The van der Waals surface area contributed by atoms with Gasteiger partial charge in [0.2, 0.25) is 0 Å². The number of amides is 1. The van der Waals surface area contributed by atoms with Crippen LogP contribution in [0.2, 0.25) is 0 Å². The lowest BCUT2D eigenvalue weighted by atomic mass is 10.1. The molecule has 4 aromatic carbocycles. The molecule has 1 aromatic heterocycles. The van der Waals surface area contributed by atoms with Crippen molar-refractivity contribution >= 4 is 48.9 Å². The molecule has 0 spiro atoms. The molecule has 0 saturated heterocycles. The molecule has 174 valence electrons. The molecule has 35 heavy (non-hydrogen) atoms. The van der Waals surface area contributed by atoms with E-state index in [-0.39, 0.29) is 16.1 Å². The zero-order chi connectivity index (χ0) is 24.4. The van der Waals surface area contributed by atoms with Gasteiger partial charge < -0.3 is 5.32 Å². The van der Waals surface area contributed by atoms with E-state index in [1.165, 1.54) is 23.5 Å². The molecule has 0 bridgehead atoms. The number of nitrogens with zero attached hydrogens (tertiary/aromatic N) is 1. The number of para-hydroxylation sites is 3. The van der Waals surface area contributed by atoms with Gasteiger partial charge in [0.25, 0.3) is 15.9 Å². The van der Waals surface area contributed by atoms with E-state index in [4.69, 9.17) is 0 Å². The number of fused-ring (bicyclic) bond motifs is 1. The number of hydrogen-bond acceptors (Lipinski definition) is 5. The van der Waals surface area contributed by atoms with Crippen LogP contribution in [0.3, 0.4) is 0 Å². The van der Waals surface area contributed by atoms with E-state index in [0.29, 0.717) is 5.69 Å². The monoisotopic (exact) mass is 503 g/mol. The predicted molar refractivity (Wildman–Crippen MR) is 137 cm³/mol. The molecular formula is C26H18FN3O3S2. The highest BCUT2D eigenvalue weighted by molar-refractivity contribution is 7.92. The molecule has 9 heteroatoms. The topological polar surface area (TPSA) is 88.2 Å². The van der Waals surface area contributed by atoms with E-state index in [1.807, 2.05) is 36.4 Å². The maximum absolute atomic E-state index is 13.2. The molecule has 0 aliphatic heterocycles. The summed E-state index contributed by atoms with van der Waals surface area (Å²) in [6, 6.07) is 25.8. The van der Waals surface area contributed by atoms with Crippen molar-refractivity contribution in [3.8, 4) is 10.6 Å². The quantitative estimate of drug-likeness (QED) is 0.291. The molecule has 5 rings (SSSR count). The summed E-state index contributed by atoms with van der Waals surface area (Å²) in [6.07, 6.45) is 0. The van der Waals surface area contributed by atoms with Crippen molar-refractivity contribution in [1.29, 1.82) is 0 Å². The smallest absolute Gasteiger partial charge is 0.261 e. The summed E-state index contributed by atoms with van der Waals surface area (Å²) in [6.45, 7) is 0. The Balaban J connectivity index is 1.45. The standard InChI is InChI=1S/C26H18FN3O3S2/c27-17-13-15-18(16-14-17)35(32,33)30-22-10-4-1-7-19(22)25(31)28-21-9-3-2-8-20(21)26-29-23-11-5-6-12-24(23)34-26/h1-16,30H,(H,28,31). The average molecular weight is 504 g/mol. The highest BCUT2D eigenvalue weighted by atomic mass is 32.2. The van der Waals surface area contributed by atoms with Crippen LogP contribution in [0.1, 0.15) is 10.4 Å². The van der Waals surface area contributed by atoms with Gasteiger partial charge in [0, 0.05) is 5.56 Å². The molecule has 0 atom stereocenters. The molecule has 0 aliphatic rings. The zero-order valence-electron chi connectivity index (χ0n) is 18.1. The average Bonchev–Trinajstić information content (AvgIpc) is 3.29. The van der Waals surface area contributed by atoms with Crippen LogP contribution in [0.5, 0.6) is 0 Å². The third-order valence-corrected chi connectivity index (χ3v) is 7.69. The van der Waals surface area contributed by atoms with Gasteiger partial charge in [0.05, 0.1) is 32.1 Å². The van der Waals surface area contributed by atoms with Gasteiger partial charge in [-0.3, -0.25) is 9.52 Å². The van der Waals surface area contributed by atoms with Crippen LogP contribution in [-0.4, -0.2) is 19.3 Å². The lowest BCUT2D eigenvalue weighted by Crippen LogP contribution is -2.19. The highest BCUT2D eigenvalue weighted by Gasteiger charge is 2.20. The molecule has 1 amide bonds. The van der Waals surface area contributed by atoms with Gasteiger partial charge in [0.1, 0.15) is 10.8 Å². The Labute approximate surface area is 205 Å². The van der Waals surface area contributed by atoms with Crippen LogP contribution in [0.15, 0.2) is 102 Å². The van der Waals surface area contributed by atoms with Crippen molar-refractivity contribution in [2.75, 3.05) is 10.0 Å². The highest BCUT2D eigenvalue weighted by Crippen LogP contribution is 2.35. The third-order valence-electron chi connectivity index (χ3n) is 5.24. The van der Waals surface area contributed by atoms with Crippen LogP contribution >= 0.6 is 11.3 Å². The summed E-state index contributed by atoms with van der Waals surface area (Å²) in [7, 11) is -4.03. The van der Waals surface area contributed by atoms with Crippen molar-refractivity contribution < 1.29 is 17.6 Å². The first-order valence-corrected chi connectivity index (χ1v) is 12.8. The van der Waals surface area contributed by atoms with Gasteiger partial charge in [-0.2, -0.15) is 0 Å². The third kappa shape index (κ3) is 4.77. The first-order valence-electron chi connectivity index (χ1n) is 10.5. The Morgan fingerprint density at radius 1 is 0.800 bits per heavy atom. The fraction of sp³-hybridized carbons (Fsp3) is 0. The summed E-state index contributed by atoms with van der Waals surface area (Å²) < 4.78 is 42.3. The molecule has 5 aromatic rings. The Bertz CT molecular complexity index is 1620. The van der Waals surface area contributed by atoms with Crippen molar-refractivity contribution in [1.82, 2.24) is 4.98 Å². The number of thiazole rings is 1. The molecule has 6 nitrogen and oxygen atoms in total. The van der Waals surface area contributed by atoms with Gasteiger partial charge in [-0.05, 0) is 60.7 Å². The molecule has 0 radical (unpaired) electrons. The minimum atomic E-state index is -4.03. The van der Waals surface area contributed by atoms with Crippen molar-refractivity contribution in [2.45, 2.75) is 4.90 Å². The predicted octanol–water partition coefficient (Wildman–Crippen LogP) is 6.16. The van der Waals surface area contributed by atoms with Crippen LogP contribution in [0.4, 0.5) is 15.8 Å². The molecule has 0 aliphatic carbocycles. The molecule has 0 fully saturated rings.